The summed E-state index contributed by atoms with van der Waals surface area (Å²) in [6, 6.07) is 0. The molecule has 0 spiro atoms. The average molecular weight is 839 g/mol. The lowest BCUT2D eigenvalue weighted by Crippen LogP contribution is -2.59. The molecule has 0 bridgehead atoms. The predicted octanol–water partition coefficient (Wildman–Crippen LogP) is 10.9. The van der Waals surface area contributed by atoms with E-state index in [4.69, 9.17) is 18.9 Å². The second kappa shape index (κ2) is 40.3. The average Bonchev–Trinajstić information content (AvgIpc) is 3.23. The van der Waals surface area contributed by atoms with E-state index in [-0.39, 0.29) is 26.1 Å². The van der Waals surface area contributed by atoms with E-state index in [0.29, 0.717) is 12.8 Å². The van der Waals surface area contributed by atoms with E-state index in [1.54, 1.807) is 0 Å². The summed E-state index contributed by atoms with van der Waals surface area (Å²) in [6.45, 7) is 3.42. The highest BCUT2D eigenvalue weighted by Crippen LogP contribution is 2.23. The van der Waals surface area contributed by atoms with Gasteiger partial charge >= 0.3 is 11.9 Å². The Hall–Kier alpha value is -1.82. The van der Waals surface area contributed by atoms with E-state index in [0.717, 1.165) is 38.5 Å². The summed E-state index contributed by atoms with van der Waals surface area (Å²) in [5.41, 5.74) is 0. The normalized spacial score (nSPS) is 20.1. The SMILES string of the molecule is CCCCCCCC/C=C/CCCCCCCCCCCC(=O)O[C@H](COC(=O)CCCC/C=C/CCCCCCCCCCC)CO[C@@H]1O[C@H](CO)[C@H](O)C(O)C1O. The van der Waals surface area contributed by atoms with E-state index in [1.165, 1.54) is 141 Å². The Morgan fingerprint density at radius 3 is 1.36 bits per heavy atom. The Bertz CT molecular complexity index is 1020. The van der Waals surface area contributed by atoms with E-state index >= 15 is 0 Å². The highest BCUT2D eigenvalue weighted by Gasteiger charge is 2.44. The van der Waals surface area contributed by atoms with Crippen LogP contribution in [0.4, 0.5) is 0 Å². The summed E-state index contributed by atoms with van der Waals surface area (Å²) in [7, 11) is 0. The predicted molar refractivity (Wildman–Crippen MR) is 238 cm³/mol. The van der Waals surface area contributed by atoms with Crippen molar-refractivity contribution in [2.45, 2.75) is 256 Å². The van der Waals surface area contributed by atoms with Gasteiger partial charge in [-0.3, -0.25) is 9.59 Å². The van der Waals surface area contributed by atoms with Gasteiger partial charge in [0.15, 0.2) is 12.4 Å². The molecular formula is C49H90O10. The van der Waals surface area contributed by atoms with Gasteiger partial charge in [-0.15, -0.1) is 0 Å². The molecule has 6 atom stereocenters. The maximum absolute atomic E-state index is 12.8. The zero-order valence-electron chi connectivity index (χ0n) is 37.8. The first kappa shape index (κ1) is 55.2. The molecule has 1 rings (SSSR count). The van der Waals surface area contributed by atoms with Gasteiger partial charge in [-0.25, -0.2) is 0 Å². The molecule has 10 heteroatoms. The Balaban J connectivity index is 2.29. The van der Waals surface area contributed by atoms with Gasteiger partial charge in [0.25, 0.3) is 0 Å². The van der Waals surface area contributed by atoms with Crippen LogP contribution in [0.3, 0.4) is 0 Å². The van der Waals surface area contributed by atoms with E-state index in [1.807, 2.05) is 0 Å². The van der Waals surface area contributed by atoms with Gasteiger partial charge < -0.3 is 39.4 Å². The number of unbranched alkanes of at least 4 members (excludes halogenated alkanes) is 26. The van der Waals surface area contributed by atoms with Gasteiger partial charge in [0.2, 0.25) is 0 Å². The van der Waals surface area contributed by atoms with Crippen LogP contribution in [0.15, 0.2) is 24.3 Å². The highest BCUT2D eigenvalue weighted by molar-refractivity contribution is 5.70. The third-order valence-electron chi connectivity index (χ3n) is 11.3. The number of hydrogen-bond acceptors (Lipinski definition) is 10. The molecule has 10 nitrogen and oxygen atoms in total. The summed E-state index contributed by atoms with van der Waals surface area (Å²) < 4.78 is 22.2. The Kier molecular flexibility index (Phi) is 37.7. The lowest BCUT2D eigenvalue weighted by Gasteiger charge is -2.39. The van der Waals surface area contributed by atoms with Gasteiger partial charge in [0.05, 0.1) is 13.2 Å². The molecule has 1 aliphatic heterocycles. The fourth-order valence-electron chi connectivity index (χ4n) is 7.41. The van der Waals surface area contributed by atoms with Crippen molar-refractivity contribution in [1.29, 1.82) is 0 Å². The standard InChI is InChI=1S/C49H90O10/c1-3-5-7-9-11-13-15-17-19-20-21-22-24-26-28-30-32-34-36-38-45(52)58-42(41-57-49-48(55)47(54)46(53)43(39-50)59-49)40-56-44(51)37-35-33-31-29-27-25-23-18-16-14-12-10-8-6-4-2/h17,19,27,29,42-43,46-50,53-55H,3-16,18,20-26,28,30-41H2,1-2H3/b19-17+,29-27+/t42-,43-,46+,47?,48?,49-/m1/s1. The molecule has 0 radical (unpaired) electrons. The first-order chi connectivity index (χ1) is 28.8. The topological polar surface area (TPSA) is 152 Å². The molecule has 0 saturated carbocycles. The summed E-state index contributed by atoms with van der Waals surface area (Å²) >= 11 is 0. The molecule has 1 heterocycles. The van der Waals surface area contributed by atoms with Gasteiger partial charge in [-0.2, -0.15) is 0 Å². The highest BCUT2D eigenvalue weighted by atomic mass is 16.7. The monoisotopic (exact) mass is 839 g/mol. The van der Waals surface area contributed by atoms with Crippen molar-refractivity contribution in [2.24, 2.45) is 0 Å². The van der Waals surface area contributed by atoms with Crippen LogP contribution in [0.5, 0.6) is 0 Å². The number of carbonyl (C=O) groups is 2. The zero-order chi connectivity index (χ0) is 43.0. The molecule has 4 N–H and O–H groups in total. The number of esters is 2. The van der Waals surface area contributed by atoms with Crippen molar-refractivity contribution in [3.05, 3.63) is 24.3 Å². The number of aliphatic hydroxyl groups is 4. The first-order valence-electron chi connectivity index (χ1n) is 24.4. The van der Waals surface area contributed by atoms with Crippen LogP contribution in [-0.2, 0) is 28.5 Å². The van der Waals surface area contributed by atoms with Gasteiger partial charge in [0.1, 0.15) is 31.0 Å². The van der Waals surface area contributed by atoms with Crippen molar-refractivity contribution in [1.82, 2.24) is 0 Å². The minimum Gasteiger partial charge on any atom is -0.462 e. The lowest BCUT2D eigenvalue weighted by molar-refractivity contribution is -0.305. The molecular weight excluding hydrogens is 749 g/mol. The fraction of sp³-hybridized carbons (Fsp3) is 0.878. The van der Waals surface area contributed by atoms with Crippen LogP contribution in [0, 0.1) is 0 Å². The van der Waals surface area contributed by atoms with Gasteiger partial charge in [-0.05, 0) is 64.2 Å². The van der Waals surface area contributed by atoms with Crippen molar-refractivity contribution >= 4 is 11.9 Å². The number of aliphatic hydroxyl groups excluding tert-OH is 4. The molecule has 2 unspecified atom stereocenters. The minimum absolute atomic E-state index is 0.226. The molecule has 0 amide bonds. The third kappa shape index (κ3) is 31.7. The largest absolute Gasteiger partial charge is 0.462 e. The second-order valence-electron chi connectivity index (χ2n) is 16.9. The Morgan fingerprint density at radius 1 is 0.508 bits per heavy atom. The second-order valence-corrected chi connectivity index (χ2v) is 16.9. The molecule has 0 aliphatic carbocycles. The van der Waals surface area contributed by atoms with Crippen molar-refractivity contribution in [2.75, 3.05) is 19.8 Å². The Morgan fingerprint density at radius 2 is 0.898 bits per heavy atom. The smallest absolute Gasteiger partial charge is 0.306 e. The van der Waals surface area contributed by atoms with Crippen molar-refractivity contribution < 1.29 is 49.0 Å². The zero-order valence-corrected chi connectivity index (χ0v) is 37.8. The summed E-state index contributed by atoms with van der Waals surface area (Å²) in [6.07, 6.45) is 37.6. The maximum Gasteiger partial charge on any atom is 0.306 e. The molecule has 1 aliphatic rings. The summed E-state index contributed by atoms with van der Waals surface area (Å²) in [5.74, 6) is -0.827. The van der Waals surface area contributed by atoms with E-state index in [2.05, 4.69) is 38.2 Å². The summed E-state index contributed by atoms with van der Waals surface area (Å²) in [5, 5.41) is 40.1. The molecule has 346 valence electrons. The fourth-order valence-corrected chi connectivity index (χ4v) is 7.41. The molecule has 0 aromatic heterocycles. The molecule has 1 fully saturated rings. The van der Waals surface area contributed by atoms with Gasteiger partial charge in [-0.1, -0.05) is 167 Å². The lowest BCUT2D eigenvalue weighted by atomic mass is 9.99. The van der Waals surface area contributed by atoms with Gasteiger partial charge in [0, 0.05) is 12.8 Å². The van der Waals surface area contributed by atoms with Crippen LogP contribution in [0.25, 0.3) is 0 Å². The number of ether oxygens (including phenoxy) is 4. The number of carbonyl (C=O) groups excluding carboxylic acids is 2. The van der Waals surface area contributed by atoms with Crippen LogP contribution in [0.2, 0.25) is 0 Å². The molecule has 59 heavy (non-hydrogen) atoms. The van der Waals surface area contributed by atoms with Crippen LogP contribution in [0.1, 0.15) is 219 Å². The van der Waals surface area contributed by atoms with Crippen LogP contribution in [-0.4, -0.2) is 89.0 Å². The van der Waals surface area contributed by atoms with Crippen molar-refractivity contribution in [3.8, 4) is 0 Å². The molecule has 0 aromatic rings. The number of allylic oxidation sites excluding steroid dienone is 4. The minimum atomic E-state index is -1.60. The number of hydrogen-bond donors (Lipinski definition) is 4. The Labute approximate surface area is 360 Å². The molecule has 0 aromatic carbocycles. The quantitative estimate of drug-likeness (QED) is 0.0266. The molecule has 1 saturated heterocycles. The van der Waals surface area contributed by atoms with Crippen LogP contribution < -0.4 is 0 Å². The third-order valence-corrected chi connectivity index (χ3v) is 11.3. The summed E-state index contributed by atoms with van der Waals surface area (Å²) in [4.78, 5) is 25.4. The van der Waals surface area contributed by atoms with Crippen molar-refractivity contribution in [3.63, 3.8) is 0 Å². The first-order valence-corrected chi connectivity index (χ1v) is 24.4. The van der Waals surface area contributed by atoms with Crippen LogP contribution >= 0.6 is 0 Å². The number of rotatable bonds is 41. The van der Waals surface area contributed by atoms with E-state index in [9.17, 15) is 30.0 Å². The maximum atomic E-state index is 12.8. The van der Waals surface area contributed by atoms with E-state index < -0.39 is 55.4 Å².